The van der Waals surface area contributed by atoms with Crippen molar-refractivity contribution in [2.24, 2.45) is 0 Å². The molecule has 140 valence electrons. The van der Waals surface area contributed by atoms with Crippen LogP contribution in [0.25, 0.3) is 5.57 Å². The highest BCUT2D eigenvalue weighted by molar-refractivity contribution is 5.75. The smallest absolute Gasteiger partial charge is 0.410 e. The molecule has 2 heterocycles. The van der Waals surface area contributed by atoms with E-state index in [1.165, 1.54) is 16.7 Å². The number of carbonyl (C=O) groups is 1. The van der Waals surface area contributed by atoms with E-state index < -0.39 is 0 Å². The number of benzene rings is 2. The predicted molar refractivity (Wildman–Crippen MR) is 106 cm³/mol. The summed E-state index contributed by atoms with van der Waals surface area (Å²) in [5.41, 5.74) is 4.69. The summed E-state index contributed by atoms with van der Waals surface area (Å²) in [4.78, 5) is 14.6. The fourth-order valence-corrected chi connectivity index (χ4v) is 4.17. The SMILES string of the molecule is COc1cc(C)cc(C2=CC3CCC(C2)N3C(=O)OCc2ccccc2)c1. The van der Waals surface area contributed by atoms with Gasteiger partial charge in [-0.15, -0.1) is 0 Å². The molecule has 2 aromatic rings. The first kappa shape index (κ1) is 17.7. The maximum Gasteiger partial charge on any atom is 0.410 e. The average Bonchev–Trinajstić information content (AvgIpc) is 2.96. The van der Waals surface area contributed by atoms with Gasteiger partial charge in [-0.3, -0.25) is 4.90 Å². The molecule has 0 saturated carbocycles. The summed E-state index contributed by atoms with van der Waals surface area (Å²) in [5.74, 6) is 0.878. The van der Waals surface area contributed by atoms with E-state index in [1.54, 1.807) is 7.11 Å². The van der Waals surface area contributed by atoms with Crippen molar-refractivity contribution < 1.29 is 14.3 Å². The van der Waals surface area contributed by atoms with Gasteiger partial charge in [0.05, 0.1) is 13.2 Å². The number of carbonyl (C=O) groups excluding carboxylic acids is 1. The van der Waals surface area contributed by atoms with Crippen LogP contribution in [0.15, 0.2) is 54.6 Å². The maximum atomic E-state index is 12.7. The second-order valence-corrected chi connectivity index (χ2v) is 7.38. The lowest BCUT2D eigenvalue weighted by Crippen LogP contribution is -2.43. The summed E-state index contributed by atoms with van der Waals surface area (Å²) in [6.45, 7) is 2.40. The normalized spacial score (nSPS) is 21.0. The molecule has 2 atom stereocenters. The van der Waals surface area contributed by atoms with Gasteiger partial charge in [-0.1, -0.05) is 42.5 Å². The highest BCUT2D eigenvalue weighted by atomic mass is 16.6. The molecule has 0 aliphatic carbocycles. The average molecular weight is 363 g/mol. The van der Waals surface area contributed by atoms with E-state index in [4.69, 9.17) is 9.47 Å². The number of methoxy groups -OCH3 is 1. The standard InChI is InChI=1S/C23H25NO3/c1-16-10-18(14-22(11-16)26-2)19-12-20-8-9-21(13-19)24(20)23(25)27-15-17-6-4-3-5-7-17/h3-7,10-12,14,20-21H,8-9,13,15H2,1-2H3. The quantitative estimate of drug-likeness (QED) is 0.771. The van der Waals surface area contributed by atoms with Crippen LogP contribution in [0.4, 0.5) is 4.79 Å². The van der Waals surface area contributed by atoms with Crippen LogP contribution in [0.1, 0.15) is 36.0 Å². The first-order valence-electron chi connectivity index (χ1n) is 9.50. The van der Waals surface area contributed by atoms with Crippen molar-refractivity contribution in [1.29, 1.82) is 0 Å². The Morgan fingerprint density at radius 1 is 1.15 bits per heavy atom. The predicted octanol–water partition coefficient (Wildman–Crippen LogP) is 4.96. The molecule has 0 aromatic heterocycles. The zero-order chi connectivity index (χ0) is 18.8. The number of aryl methyl sites for hydroxylation is 1. The van der Waals surface area contributed by atoms with Gasteiger partial charge in [0.15, 0.2) is 0 Å². The third-order valence-corrected chi connectivity index (χ3v) is 5.47. The van der Waals surface area contributed by atoms with E-state index in [0.29, 0.717) is 6.61 Å². The van der Waals surface area contributed by atoms with E-state index in [1.807, 2.05) is 41.3 Å². The Bertz CT molecular complexity index is 859. The second kappa shape index (κ2) is 7.47. The van der Waals surface area contributed by atoms with Crippen molar-refractivity contribution in [2.45, 2.75) is 44.9 Å². The van der Waals surface area contributed by atoms with Crippen LogP contribution < -0.4 is 4.74 Å². The second-order valence-electron chi connectivity index (χ2n) is 7.38. The Hall–Kier alpha value is -2.75. The minimum Gasteiger partial charge on any atom is -0.497 e. The van der Waals surface area contributed by atoms with Gasteiger partial charge in [-0.25, -0.2) is 4.79 Å². The lowest BCUT2D eigenvalue weighted by molar-refractivity contribution is 0.0832. The van der Waals surface area contributed by atoms with Crippen LogP contribution in [0.5, 0.6) is 5.75 Å². The van der Waals surface area contributed by atoms with Gasteiger partial charge >= 0.3 is 6.09 Å². The fourth-order valence-electron chi connectivity index (χ4n) is 4.17. The lowest BCUT2D eigenvalue weighted by Gasteiger charge is -2.33. The monoisotopic (exact) mass is 363 g/mol. The Balaban J connectivity index is 1.49. The fraction of sp³-hybridized carbons (Fsp3) is 0.348. The van der Waals surface area contributed by atoms with Gasteiger partial charge in [0.2, 0.25) is 0 Å². The van der Waals surface area contributed by atoms with Crippen molar-refractivity contribution >= 4 is 11.7 Å². The van der Waals surface area contributed by atoms with Gasteiger partial charge in [0.1, 0.15) is 12.4 Å². The van der Waals surface area contributed by atoms with E-state index in [9.17, 15) is 4.79 Å². The zero-order valence-electron chi connectivity index (χ0n) is 15.9. The Morgan fingerprint density at radius 3 is 2.70 bits per heavy atom. The molecule has 2 aliphatic heterocycles. The van der Waals surface area contributed by atoms with Crippen LogP contribution in [0, 0.1) is 6.92 Å². The first-order valence-corrected chi connectivity index (χ1v) is 9.50. The number of fused-ring (bicyclic) bond motifs is 2. The summed E-state index contributed by atoms with van der Waals surface area (Å²) in [7, 11) is 1.70. The molecular weight excluding hydrogens is 338 g/mol. The van der Waals surface area contributed by atoms with E-state index in [0.717, 1.165) is 30.6 Å². The highest BCUT2D eigenvalue weighted by Gasteiger charge is 2.40. The van der Waals surface area contributed by atoms with E-state index in [-0.39, 0.29) is 18.2 Å². The molecule has 27 heavy (non-hydrogen) atoms. The van der Waals surface area contributed by atoms with Crippen LogP contribution in [0.3, 0.4) is 0 Å². The molecule has 0 radical (unpaired) electrons. The third-order valence-electron chi connectivity index (χ3n) is 5.47. The molecule has 2 aliphatic rings. The van der Waals surface area contributed by atoms with Gasteiger partial charge < -0.3 is 9.47 Å². The first-order chi connectivity index (χ1) is 13.1. The molecule has 1 amide bonds. The van der Waals surface area contributed by atoms with Crippen LogP contribution in [-0.2, 0) is 11.3 Å². The third kappa shape index (κ3) is 3.70. The van der Waals surface area contributed by atoms with Gasteiger partial charge in [-0.2, -0.15) is 0 Å². The zero-order valence-corrected chi connectivity index (χ0v) is 15.9. The summed E-state index contributed by atoms with van der Waals surface area (Å²) in [6.07, 6.45) is 4.92. The van der Waals surface area contributed by atoms with Crippen molar-refractivity contribution in [3.05, 3.63) is 71.3 Å². The molecule has 1 saturated heterocycles. The largest absolute Gasteiger partial charge is 0.497 e. The number of rotatable bonds is 4. The molecule has 1 fully saturated rings. The summed E-state index contributed by atoms with van der Waals surface area (Å²) >= 11 is 0. The van der Waals surface area contributed by atoms with Crippen LogP contribution in [0.2, 0.25) is 0 Å². The number of nitrogens with zero attached hydrogens (tertiary/aromatic N) is 1. The van der Waals surface area contributed by atoms with E-state index in [2.05, 4.69) is 25.1 Å². The van der Waals surface area contributed by atoms with Crippen molar-refractivity contribution in [1.82, 2.24) is 4.90 Å². The van der Waals surface area contributed by atoms with Gasteiger partial charge in [0, 0.05) is 6.04 Å². The summed E-state index contributed by atoms with van der Waals surface area (Å²) in [6, 6.07) is 16.5. The number of ether oxygens (including phenoxy) is 2. The number of hydrogen-bond donors (Lipinski definition) is 0. The topological polar surface area (TPSA) is 38.8 Å². The maximum absolute atomic E-state index is 12.7. The van der Waals surface area contributed by atoms with Crippen molar-refractivity contribution in [2.75, 3.05) is 7.11 Å². The van der Waals surface area contributed by atoms with E-state index >= 15 is 0 Å². The van der Waals surface area contributed by atoms with Crippen molar-refractivity contribution in [3.8, 4) is 5.75 Å². The lowest BCUT2D eigenvalue weighted by atomic mass is 9.94. The number of hydrogen-bond acceptors (Lipinski definition) is 3. The highest BCUT2D eigenvalue weighted by Crippen LogP contribution is 2.39. The molecular formula is C23H25NO3. The Labute approximate surface area is 160 Å². The molecule has 4 nitrogen and oxygen atoms in total. The van der Waals surface area contributed by atoms with Gasteiger partial charge in [0.25, 0.3) is 0 Å². The summed E-state index contributed by atoms with van der Waals surface area (Å²) < 4.78 is 11.0. The van der Waals surface area contributed by atoms with Gasteiger partial charge in [-0.05, 0) is 60.6 Å². The molecule has 2 unspecified atom stereocenters. The number of amides is 1. The molecule has 4 rings (SSSR count). The summed E-state index contributed by atoms with van der Waals surface area (Å²) in [5, 5.41) is 0. The Kier molecular flexibility index (Phi) is 4.88. The minimum atomic E-state index is -0.205. The Morgan fingerprint density at radius 2 is 1.96 bits per heavy atom. The van der Waals surface area contributed by atoms with Crippen LogP contribution >= 0.6 is 0 Å². The molecule has 2 bridgehead atoms. The minimum absolute atomic E-state index is 0.119. The molecule has 0 N–H and O–H groups in total. The molecule has 4 heteroatoms. The van der Waals surface area contributed by atoms with Crippen LogP contribution in [-0.4, -0.2) is 30.2 Å². The van der Waals surface area contributed by atoms with Crippen molar-refractivity contribution in [3.63, 3.8) is 0 Å². The molecule has 2 aromatic carbocycles. The molecule has 0 spiro atoms.